The normalized spacial score (nSPS) is 18.0. The fourth-order valence-electron chi connectivity index (χ4n) is 2.70. The third-order valence-electron chi connectivity index (χ3n) is 3.73. The molecule has 0 saturated carbocycles. The first-order chi connectivity index (χ1) is 10.3. The predicted molar refractivity (Wildman–Crippen MR) is 83.3 cm³/mol. The van der Waals surface area contributed by atoms with Crippen molar-refractivity contribution in [3.05, 3.63) is 40.5 Å². The number of amides is 1. The number of nitrogens with one attached hydrogen (secondary N) is 1. The number of carbonyl (C=O) groups is 1. The monoisotopic (exact) mass is 302 g/mol. The molecule has 21 heavy (non-hydrogen) atoms. The highest BCUT2D eigenvalue weighted by molar-refractivity contribution is 7.10. The maximum atomic E-state index is 12.5. The molecule has 2 aromatic heterocycles. The zero-order valence-corrected chi connectivity index (χ0v) is 12.8. The average Bonchev–Trinajstić information content (AvgIpc) is 3.18. The Morgan fingerprint density at radius 3 is 3.19 bits per heavy atom. The summed E-state index contributed by atoms with van der Waals surface area (Å²) in [6.07, 6.45) is 5.91. The van der Waals surface area contributed by atoms with Gasteiger partial charge in [-0.1, -0.05) is 6.07 Å². The molecular formula is C15H18N4OS. The number of carbonyl (C=O) groups excluding carboxylic acids is 1. The molecule has 1 atom stereocenters. The van der Waals surface area contributed by atoms with Crippen molar-refractivity contribution in [2.45, 2.75) is 25.3 Å². The summed E-state index contributed by atoms with van der Waals surface area (Å²) in [5, 5.41) is 5.00. The minimum absolute atomic E-state index is 0.0539. The van der Waals surface area contributed by atoms with Crippen LogP contribution in [0.1, 0.15) is 29.5 Å². The summed E-state index contributed by atoms with van der Waals surface area (Å²) in [6, 6.07) is 4.05. The summed E-state index contributed by atoms with van der Waals surface area (Å²) in [4.78, 5) is 24.3. The summed E-state index contributed by atoms with van der Waals surface area (Å²) < 4.78 is 0. The van der Waals surface area contributed by atoms with Gasteiger partial charge in [0.25, 0.3) is 0 Å². The minimum atomic E-state index is 0.0539. The number of likely N-dealkylation sites (tertiary alicyclic amines) is 1. The molecule has 1 amide bonds. The number of thiophene rings is 1. The highest BCUT2D eigenvalue weighted by Gasteiger charge is 2.31. The third-order valence-corrected chi connectivity index (χ3v) is 4.61. The van der Waals surface area contributed by atoms with Crippen molar-refractivity contribution in [3.8, 4) is 0 Å². The van der Waals surface area contributed by atoms with Gasteiger partial charge in [0.05, 0.1) is 30.6 Å². The van der Waals surface area contributed by atoms with Crippen LogP contribution in [0.25, 0.3) is 0 Å². The van der Waals surface area contributed by atoms with Crippen LogP contribution >= 0.6 is 11.3 Å². The molecule has 0 aliphatic carbocycles. The molecule has 0 bridgehead atoms. The number of anilines is 1. The van der Waals surface area contributed by atoms with Gasteiger partial charge < -0.3 is 10.2 Å². The van der Waals surface area contributed by atoms with Gasteiger partial charge >= 0.3 is 0 Å². The van der Waals surface area contributed by atoms with Gasteiger partial charge in [-0.3, -0.25) is 9.78 Å². The molecule has 3 rings (SSSR count). The summed E-state index contributed by atoms with van der Waals surface area (Å²) in [7, 11) is 1.82. The second kappa shape index (κ2) is 6.22. The van der Waals surface area contributed by atoms with Crippen LogP contribution in [0.4, 0.5) is 5.82 Å². The fraction of sp³-hybridized carbons (Fsp3) is 0.400. The van der Waals surface area contributed by atoms with Gasteiger partial charge in [0.1, 0.15) is 5.82 Å². The molecule has 1 saturated heterocycles. The van der Waals surface area contributed by atoms with Crippen molar-refractivity contribution in [3.63, 3.8) is 0 Å². The summed E-state index contributed by atoms with van der Waals surface area (Å²) in [5.74, 6) is 0.918. The first-order valence-corrected chi connectivity index (χ1v) is 7.97. The van der Waals surface area contributed by atoms with Gasteiger partial charge in [-0.25, -0.2) is 4.98 Å². The second-order valence-corrected chi connectivity index (χ2v) is 6.11. The largest absolute Gasteiger partial charge is 0.372 e. The van der Waals surface area contributed by atoms with Crippen LogP contribution in [0.2, 0.25) is 0 Å². The highest BCUT2D eigenvalue weighted by Crippen LogP contribution is 2.31. The molecule has 2 aromatic rings. The molecule has 0 radical (unpaired) electrons. The first kappa shape index (κ1) is 14.0. The predicted octanol–water partition coefficient (Wildman–Crippen LogP) is 2.49. The Morgan fingerprint density at radius 2 is 2.43 bits per heavy atom. The molecule has 0 aromatic carbocycles. The molecule has 1 fully saturated rings. The molecule has 5 nitrogen and oxygen atoms in total. The Labute approximate surface area is 128 Å². The zero-order valence-electron chi connectivity index (χ0n) is 12.0. The first-order valence-electron chi connectivity index (χ1n) is 7.09. The smallest absolute Gasteiger partial charge is 0.228 e. The zero-order chi connectivity index (χ0) is 14.7. The van der Waals surface area contributed by atoms with Crippen LogP contribution < -0.4 is 5.32 Å². The van der Waals surface area contributed by atoms with Crippen molar-refractivity contribution in [2.75, 3.05) is 18.9 Å². The van der Waals surface area contributed by atoms with Crippen LogP contribution in [0.15, 0.2) is 29.9 Å². The van der Waals surface area contributed by atoms with Crippen LogP contribution in [-0.2, 0) is 11.2 Å². The summed E-state index contributed by atoms with van der Waals surface area (Å²) in [5.41, 5.74) is 0.874. The lowest BCUT2D eigenvalue weighted by Crippen LogP contribution is -2.32. The van der Waals surface area contributed by atoms with E-state index in [-0.39, 0.29) is 11.9 Å². The van der Waals surface area contributed by atoms with E-state index < -0.39 is 0 Å². The quantitative estimate of drug-likeness (QED) is 0.942. The van der Waals surface area contributed by atoms with E-state index in [0.717, 1.165) is 35.8 Å². The van der Waals surface area contributed by atoms with Gasteiger partial charge in [0.2, 0.25) is 5.91 Å². The number of rotatable bonds is 4. The van der Waals surface area contributed by atoms with Crippen LogP contribution in [0.3, 0.4) is 0 Å². The number of hydrogen-bond donors (Lipinski definition) is 1. The lowest BCUT2D eigenvalue weighted by molar-refractivity contribution is -0.131. The maximum absolute atomic E-state index is 12.5. The Balaban J connectivity index is 1.76. The van der Waals surface area contributed by atoms with E-state index in [1.165, 1.54) is 0 Å². The Kier molecular flexibility index (Phi) is 4.15. The van der Waals surface area contributed by atoms with Crippen molar-refractivity contribution in [1.29, 1.82) is 0 Å². The third kappa shape index (κ3) is 3.05. The molecule has 0 unspecified atom stereocenters. The minimum Gasteiger partial charge on any atom is -0.372 e. The lowest BCUT2D eigenvalue weighted by Gasteiger charge is -2.24. The summed E-state index contributed by atoms with van der Waals surface area (Å²) in [6.45, 7) is 0.806. The average molecular weight is 302 g/mol. The van der Waals surface area contributed by atoms with Gasteiger partial charge in [-0.05, 0) is 24.3 Å². The topological polar surface area (TPSA) is 58.1 Å². The highest BCUT2D eigenvalue weighted by atomic mass is 32.1. The van der Waals surface area contributed by atoms with Gasteiger partial charge in [-0.2, -0.15) is 0 Å². The Morgan fingerprint density at radius 1 is 1.52 bits per heavy atom. The van der Waals surface area contributed by atoms with E-state index in [4.69, 9.17) is 0 Å². The maximum Gasteiger partial charge on any atom is 0.228 e. The van der Waals surface area contributed by atoms with Crippen LogP contribution in [0.5, 0.6) is 0 Å². The van der Waals surface area contributed by atoms with Gasteiger partial charge in [-0.15, -0.1) is 11.3 Å². The van der Waals surface area contributed by atoms with Crippen molar-refractivity contribution >= 4 is 23.1 Å². The second-order valence-electron chi connectivity index (χ2n) is 5.08. The SMILES string of the molecule is CNc1cncc([C@H]2CCCN2C(=O)Cc2cccs2)n1. The van der Waals surface area contributed by atoms with E-state index in [2.05, 4.69) is 15.3 Å². The summed E-state index contributed by atoms with van der Waals surface area (Å²) >= 11 is 1.63. The Bertz CT molecular complexity index is 614. The van der Waals surface area contributed by atoms with Crippen LogP contribution in [0, 0.1) is 0 Å². The molecule has 3 heterocycles. The lowest BCUT2D eigenvalue weighted by atomic mass is 10.1. The number of hydrogen-bond acceptors (Lipinski definition) is 5. The van der Waals surface area contributed by atoms with Crippen molar-refractivity contribution < 1.29 is 4.79 Å². The van der Waals surface area contributed by atoms with E-state index in [1.807, 2.05) is 29.5 Å². The van der Waals surface area contributed by atoms with Crippen molar-refractivity contribution in [2.24, 2.45) is 0 Å². The van der Waals surface area contributed by atoms with E-state index >= 15 is 0 Å². The fourth-order valence-corrected chi connectivity index (χ4v) is 3.39. The van der Waals surface area contributed by atoms with E-state index in [9.17, 15) is 4.79 Å². The molecule has 0 spiro atoms. The molecule has 110 valence electrons. The van der Waals surface area contributed by atoms with Crippen LogP contribution in [-0.4, -0.2) is 34.4 Å². The Hall–Kier alpha value is -1.95. The molecular weight excluding hydrogens is 284 g/mol. The molecule has 1 N–H and O–H groups in total. The van der Waals surface area contributed by atoms with Crippen molar-refractivity contribution in [1.82, 2.24) is 14.9 Å². The number of nitrogens with zero attached hydrogens (tertiary/aromatic N) is 3. The number of aromatic nitrogens is 2. The van der Waals surface area contributed by atoms with Gasteiger partial charge in [0.15, 0.2) is 0 Å². The van der Waals surface area contributed by atoms with Gasteiger partial charge in [0, 0.05) is 18.5 Å². The molecule has 6 heteroatoms. The standard InChI is InChI=1S/C15H18N4OS/c1-16-14-10-17-9-12(18-14)13-5-2-6-19(13)15(20)8-11-4-3-7-21-11/h3-4,7,9-10,13H,2,5-6,8H2,1H3,(H,16,18)/t13-/m1/s1. The van der Waals surface area contributed by atoms with E-state index in [1.54, 1.807) is 23.7 Å². The van der Waals surface area contributed by atoms with E-state index in [0.29, 0.717) is 6.42 Å². The molecule has 1 aliphatic rings. The molecule has 1 aliphatic heterocycles.